The maximum Gasteiger partial charge on any atom is 0.260 e. The summed E-state index contributed by atoms with van der Waals surface area (Å²) in [6, 6.07) is 9.95. The molecule has 1 unspecified atom stereocenters. The number of hydrogen-bond acceptors (Lipinski definition) is 5. The average Bonchev–Trinajstić information content (AvgIpc) is 3.39. The number of benzene rings is 1. The molecule has 0 aliphatic carbocycles. The van der Waals surface area contributed by atoms with Crippen LogP contribution in [0.1, 0.15) is 37.1 Å². The molecular formula is C22H27NO4S. The van der Waals surface area contributed by atoms with Gasteiger partial charge in [0, 0.05) is 30.0 Å². The fourth-order valence-corrected chi connectivity index (χ4v) is 4.53. The number of thiophene rings is 1. The third-order valence-electron chi connectivity index (χ3n) is 5.13. The second-order valence-corrected chi connectivity index (χ2v) is 9.09. The van der Waals surface area contributed by atoms with Crippen LogP contribution in [0.25, 0.3) is 0 Å². The fourth-order valence-electron chi connectivity index (χ4n) is 3.81. The maximum atomic E-state index is 13.0. The van der Waals surface area contributed by atoms with Gasteiger partial charge in [0.15, 0.2) is 18.1 Å². The summed E-state index contributed by atoms with van der Waals surface area (Å²) in [4.78, 5) is 16.0. The van der Waals surface area contributed by atoms with Gasteiger partial charge in [0.2, 0.25) is 0 Å². The number of ether oxygens (including phenoxy) is 3. The standard InChI is InChI=1S/C22H27NO4S/c1-22(2)12-16-6-3-9-19(21(16)27-22)26-15-20(24)23(13-17-7-4-10-25-17)14-18-8-5-11-28-18/h3,5-6,8-9,11,17H,4,7,10,12-15H2,1-2H3. The molecule has 1 atom stereocenters. The van der Waals surface area contributed by atoms with E-state index in [-0.39, 0.29) is 24.2 Å². The smallest absolute Gasteiger partial charge is 0.260 e. The Morgan fingerprint density at radius 3 is 2.96 bits per heavy atom. The fraction of sp³-hybridized carbons (Fsp3) is 0.500. The van der Waals surface area contributed by atoms with Crippen LogP contribution in [0.2, 0.25) is 0 Å². The molecule has 28 heavy (non-hydrogen) atoms. The Hall–Kier alpha value is -2.05. The minimum absolute atomic E-state index is 0.00165. The van der Waals surface area contributed by atoms with Gasteiger partial charge in [-0.15, -0.1) is 11.3 Å². The first-order chi connectivity index (χ1) is 13.5. The van der Waals surface area contributed by atoms with E-state index in [4.69, 9.17) is 14.2 Å². The van der Waals surface area contributed by atoms with Gasteiger partial charge < -0.3 is 19.1 Å². The van der Waals surface area contributed by atoms with Crippen LogP contribution in [-0.2, 0) is 22.5 Å². The molecule has 0 bridgehead atoms. The molecule has 1 aromatic heterocycles. The molecule has 2 aliphatic heterocycles. The number of amides is 1. The molecule has 5 nitrogen and oxygen atoms in total. The molecule has 0 N–H and O–H groups in total. The summed E-state index contributed by atoms with van der Waals surface area (Å²) in [5.74, 6) is 1.38. The number of hydrogen-bond donors (Lipinski definition) is 0. The molecule has 0 saturated carbocycles. The Kier molecular flexibility index (Phi) is 5.60. The third kappa shape index (κ3) is 4.50. The molecule has 2 aliphatic rings. The van der Waals surface area contributed by atoms with Crippen molar-refractivity contribution in [1.82, 2.24) is 4.90 Å². The molecule has 0 spiro atoms. The van der Waals surface area contributed by atoms with Crippen LogP contribution in [-0.4, -0.2) is 42.3 Å². The molecule has 1 saturated heterocycles. The van der Waals surface area contributed by atoms with Gasteiger partial charge in [-0.3, -0.25) is 4.79 Å². The SMILES string of the molecule is CC1(C)Cc2cccc(OCC(=O)N(Cc3cccs3)CC3CCCO3)c2O1. The highest BCUT2D eigenvalue weighted by molar-refractivity contribution is 7.09. The van der Waals surface area contributed by atoms with Gasteiger partial charge in [0.25, 0.3) is 5.91 Å². The lowest BCUT2D eigenvalue weighted by Gasteiger charge is -2.25. The lowest BCUT2D eigenvalue weighted by atomic mass is 10.0. The first kappa shape index (κ1) is 19.3. The minimum atomic E-state index is -0.239. The van der Waals surface area contributed by atoms with Crippen LogP contribution in [0.5, 0.6) is 11.5 Å². The van der Waals surface area contributed by atoms with Crippen LogP contribution < -0.4 is 9.47 Å². The van der Waals surface area contributed by atoms with Gasteiger partial charge in [0.05, 0.1) is 12.6 Å². The Balaban J connectivity index is 1.42. The summed E-state index contributed by atoms with van der Waals surface area (Å²) in [7, 11) is 0. The Morgan fingerprint density at radius 2 is 2.21 bits per heavy atom. The second kappa shape index (κ2) is 8.13. The van der Waals surface area contributed by atoms with Gasteiger partial charge in [-0.1, -0.05) is 18.2 Å². The largest absolute Gasteiger partial charge is 0.483 e. The zero-order chi connectivity index (χ0) is 19.6. The third-order valence-corrected chi connectivity index (χ3v) is 5.99. The van der Waals surface area contributed by atoms with Gasteiger partial charge in [0.1, 0.15) is 5.60 Å². The van der Waals surface area contributed by atoms with Gasteiger partial charge >= 0.3 is 0 Å². The van der Waals surface area contributed by atoms with Crippen molar-refractivity contribution in [2.24, 2.45) is 0 Å². The molecule has 1 amide bonds. The Bertz CT molecular complexity index is 812. The van der Waals surface area contributed by atoms with Crippen molar-refractivity contribution in [3.63, 3.8) is 0 Å². The summed E-state index contributed by atoms with van der Waals surface area (Å²) >= 11 is 1.66. The lowest BCUT2D eigenvalue weighted by Crippen LogP contribution is -2.39. The highest BCUT2D eigenvalue weighted by Crippen LogP contribution is 2.41. The summed E-state index contributed by atoms with van der Waals surface area (Å²) in [6.45, 7) is 6.11. The first-order valence-electron chi connectivity index (χ1n) is 9.86. The van der Waals surface area contributed by atoms with Crippen molar-refractivity contribution >= 4 is 17.2 Å². The topological polar surface area (TPSA) is 48.0 Å². The maximum absolute atomic E-state index is 13.0. The van der Waals surface area contributed by atoms with Crippen LogP contribution >= 0.6 is 11.3 Å². The number of nitrogens with zero attached hydrogens (tertiary/aromatic N) is 1. The van der Waals surface area contributed by atoms with E-state index in [1.54, 1.807) is 11.3 Å². The summed E-state index contributed by atoms with van der Waals surface area (Å²) < 4.78 is 17.7. The minimum Gasteiger partial charge on any atom is -0.483 e. The average molecular weight is 402 g/mol. The van der Waals surface area contributed by atoms with E-state index in [0.29, 0.717) is 18.8 Å². The highest BCUT2D eigenvalue weighted by atomic mass is 32.1. The number of para-hydroxylation sites is 1. The molecule has 1 fully saturated rings. The van der Waals surface area contributed by atoms with Gasteiger partial charge in [-0.25, -0.2) is 0 Å². The van der Waals surface area contributed by atoms with E-state index < -0.39 is 0 Å². The Morgan fingerprint density at radius 1 is 1.32 bits per heavy atom. The van der Waals surface area contributed by atoms with E-state index in [1.165, 1.54) is 0 Å². The van der Waals surface area contributed by atoms with Crippen molar-refractivity contribution in [2.75, 3.05) is 19.8 Å². The predicted octanol–water partition coefficient (Wildman–Crippen LogP) is 4.05. The van der Waals surface area contributed by atoms with Crippen LogP contribution in [0, 0.1) is 0 Å². The van der Waals surface area contributed by atoms with Gasteiger partial charge in [-0.2, -0.15) is 0 Å². The lowest BCUT2D eigenvalue weighted by molar-refractivity contribution is -0.135. The van der Waals surface area contributed by atoms with Crippen molar-refractivity contribution in [1.29, 1.82) is 0 Å². The van der Waals surface area contributed by atoms with E-state index in [9.17, 15) is 4.79 Å². The molecule has 2 aromatic rings. The molecular weight excluding hydrogens is 374 g/mol. The first-order valence-corrected chi connectivity index (χ1v) is 10.7. The van der Waals surface area contributed by atoms with Gasteiger partial charge in [-0.05, 0) is 44.2 Å². The zero-order valence-electron chi connectivity index (χ0n) is 16.5. The Labute approximate surface area is 170 Å². The number of rotatable bonds is 7. The van der Waals surface area contributed by atoms with Crippen molar-refractivity contribution < 1.29 is 19.0 Å². The highest BCUT2D eigenvalue weighted by Gasteiger charge is 2.32. The van der Waals surface area contributed by atoms with Crippen molar-refractivity contribution in [2.45, 2.75) is 51.4 Å². The second-order valence-electron chi connectivity index (χ2n) is 8.06. The van der Waals surface area contributed by atoms with Crippen LogP contribution in [0.3, 0.4) is 0 Å². The van der Waals surface area contributed by atoms with E-state index in [0.717, 1.165) is 42.1 Å². The zero-order valence-corrected chi connectivity index (χ0v) is 17.3. The monoisotopic (exact) mass is 401 g/mol. The van der Waals surface area contributed by atoms with Crippen LogP contribution in [0.15, 0.2) is 35.7 Å². The molecule has 1 aromatic carbocycles. The van der Waals surface area contributed by atoms with Crippen LogP contribution in [0.4, 0.5) is 0 Å². The molecule has 4 rings (SSSR count). The number of carbonyl (C=O) groups is 1. The normalized spacial score (nSPS) is 19.9. The predicted molar refractivity (Wildman–Crippen MR) is 109 cm³/mol. The molecule has 3 heterocycles. The number of carbonyl (C=O) groups excluding carboxylic acids is 1. The van der Waals surface area contributed by atoms with E-state index in [2.05, 4.69) is 26.0 Å². The van der Waals surface area contributed by atoms with E-state index >= 15 is 0 Å². The molecule has 6 heteroatoms. The van der Waals surface area contributed by atoms with Crippen molar-refractivity contribution in [3.8, 4) is 11.5 Å². The summed E-state index contributed by atoms with van der Waals surface area (Å²) in [5, 5.41) is 2.03. The summed E-state index contributed by atoms with van der Waals surface area (Å²) in [6.07, 6.45) is 3.03. The number of fused-ring (bicyclic) bond motifs is 1. The molecule has 150 valence electrons. The molecule has 0 radical (unpaired) electrons. The van der Waals surface area contributed by atoms with E-state index in [1.807, 2.05) is 28.5 Å². The summed E-state index contributed by atoms with van der Waals surface area (Å²) in [5.41, 5.74) is 0.890. The quantitative estimate of drug-likeness (QED) is 0.702. The van der Waals surface area contributed by atoms with Crippen molar-refractivity contribution in [3.05, 3.63) is 46.2 Å².